The van der Waals surface area contributed by atoms with Gasteiger partial charge >= 0.3 is 0 Å². The summed E-state index contributed by atoms with van der Waals surface area (Å²) in [5.74, 6) is 0.0774. The van der Waals surface area contributed by atoms with Crippen LogP contribution in [0.25, 0.3) is 11.0 Å². The maximum atomic E-state index is 12.4. The third-order valence-electron chi connectivity index (χ3n) is 5.36. The number of hydrogen-bond donors (Lipinski definition) is 1. The van der Waals surface area contributed by atoms with Gasteiger partial charge in [-0.05, 0) is 57.3 Å². The quantitative estimate of drug-likeness (QED) is 0.881. The van der Waals surface area contributed by atoms with Crippen LogP contribution in [0.1, 0.15) is 42.9 Å². The van der Waals surface area contributed by atoms with Crippen LogP contribution in [0.4, 0.5) is 0 Å². The van der Waals surface area contributed by atoms with Crippen LogP contribution in [0.3, 0.4) is 0 Å². The van der Waals surface area contributed by atoms with Gasteiger partial charge in [-0.2, -0.15) is 0 Å². The van der Waals surface area contributed by atoms with Crippen molar-refractivity contribution >= 4 is 16.9 Å². The SMILES string of the molecule is CCC(CNC(=O)Cc1coc2c(C)c(C)ccc12)N1CCCC1. The lowest BCUT2D eigenvalue weighted by atomic mass is 10.0. The normalized spacial score (nSPS) is 16.6. The van der Waals surface area contributed by atoms with Crippen molar-refractivity contribution in [1.29, 1.82) is 0 Å². The van der Waals surface area contributed by atoms with Crippen LogP contribution in [0.15, 0.2) is 22.8 Å². The van der Waals surface area contributed by atoms with Crippen LogP contribution >= 0.6 is 0 Å². The number of nitrogens with zero attached hydrogens (tertiary/aromatic N) is 1. The lowest BCUT2D eigenvalue weighted by Crippen LogP contribution is -2.42. The zero-order valence-electron chi connectivity index (χ0n) is 15.0. The molecule has 2 aromatic rings. The summed E-state index contributed by atoms with van der Waals surface area (Å²) in [5, 5.41) is 4.17. The van der Waals surface area contributed by atoms with Crippen LogP contribution in [0, 0.1) is 13.8 Å². The molecule has 3 rings (SSSR count). The van der Waals surface area contributed by atoms with Gasteiger partial charge in [0.15, 0.2) is 0 Å². The summed E-state index contributed by atoms with van der Waals surface area (Å²) in [4.78, 5) is 14.9. The molecular weight excluding hydrogens is 300 g/mol. The van der Waals surface area contributed by atoms with Gasteiger partial charge in [-0.1, -0.05) is 19.1 Å². The minimum atomic E-state index is 0.0774. The minimum Gasteiger partial charge on any atom is -0.464 e. The highest BCUT2D eigenvalue weighted by Gasteiger charge is 2.21. The Hall–Kier alpha value is -1.81. The third-order valence-corrected chi connectivity index (χ3v) is 5.36. The summed E-state index contributed by atoms with van der Waals surface area (Å²) in [7, 11) is 0. The number of fused-ring (bicyclic) bond motifs is 1. The smallest absolute Gasteiger partial charge is 0.224 e. The zero-order chi connectivity index (χ0) is 17.1. The Labute approximate surface area is 144 Å². The van der Waals surface area contributed by atoms with E-state index >= 15 is 0 Å². The fourth-order valence-corrected chi connectivity index (χ4v) is 3.63. The van der Waals surface area contributed by atoms with E-state index < -0.39 is 0 Å². The fraction of sp³-hybridized carbons (Fsp3) is 0.550. The van der Waals surface area contributed by atoms with Crippen LogP contribution in [-0.4, -0.2) is 36.5 Å². The van der Waals surface area contributed by atoms with Gasteiger partial charge < -0.3 is 9.73 Å². The van der Waals surface area contributed by atoms with Crippen molar-refractivity contribution in [3.8, 4) is 0 Å². The Morgan fingerprint density at radius 2 is 2.04 bits per heavy atom. The Bertz CT molecular complexity index is 714. The first kappa shape index (κ1) is 17.0. The molecule has 1 saturated heterocycles. The maximum absolute atomic E-state index is 12.4. The van der Waals surface area contributed by atoms with Crippen LogP contribution in [0.5, 0.6) is 0 Å². The zero-order valence-corrected chi connectivity index (χ0v) is 15.0. The number of furan rings is 1. The number of carbonyl (C=O) groups is 1. The van der Waals surface area contributed by atoms with E-state index in [1.165, 1.54) is 31.5 Å². The van der Waals surface area contributed by atoms with Gasteiger partial charge in [-0.15, -0.1) is 0 Å². The molecular formula is C20H28N2O2. The molecule has 24 heavy (non-hydrogen) atoms. The summed E-state index contributed by atoms with van der Waals surface area (Å²) < 4.78 is 5.70. The number of benzene rings is 1. The lowest BCUT2D eigenvalue weighted by Gasteiger charge is -2.26. The number of aryl methyl sites for hydroxylation is 2. The largest absolute Gasteiger partial charge is 0.464 e. The molecule has 0 aliphatic carbocycles. The molecule has 4 heteroatoms. The Kier molecular flexibility index (Phi) is 5.24. The molecule has 1 N–H and O–H groups in total. The van der Waals surface area contributed by atoms with Crippen molar-refractivity contribution in [1.82, 2.24) is 10.2 Å². The number of hydrogen-bond acceptors (Lipinski definition) is 3. The second-order valence-corrected chi connectivity index (χ2v) is 6.93. The predicted octanol–water partition coefficient (Wildman–Crippen LogP) is 3.58. The van der Waals surface area contributed by atoms with Crippen LogP contribution in [0.2, 0.25) is 0 Å². The third kappa shape index (κ3) is 3.48. The lowest BCUT2D eigenvalue weighted by molar-refractivity contribution is -0.120. The van der Waals surface area contributed by atoms with E-state index in [4.69, 9.17) is 4.42 Å². The average Bonchev–Trinajstić information content (AvgIpc) is 3.22. The van der Waals surface area contributed by atoms with Gasteiger partial charge in [0.2, 0.25) is 5.91 Å². The summed E-state index contributed by atoms with van der Waals surface area (Å²) in [5.41, 5.74) is 4.24. The van der Waals surface area contributed by atoms with Crippen LogP contribution < -0.4 is 5.32 Å². The molecule has 1 aliphatic heterocycles. The molecule has 1 aromatic carbocycles. The predicted molar refractivity (Wildman–Crippen MR) is 97.3 cm³/mol. The molecule has 130 valence electrons. The minimum absolute atomic E-state index is 0.0774. The van der Waals surface area contributed by atoms with E-state index in [2.05, 4.69) is 43.1 Å². The molecule has 1 unspecified atom stereocenters. The second kappa shape index (κ2) is 7.39. The first-order valence-corrected chi connectivity index (χ1v) is 9.07. The Morgan fingerprint density at radius 3 is 2.75 bits per heavy atom. The number of carbonyl (C=O) groups excluding carboxylic acids is 1. The van der Waals surface area contributed by atoms with Crippen molar-refractivity contribution in [2.24, 2.45) is 0 Å². The summed E-state index contributed by atoms with van der Waals surface area (Å²) in [6.45, 7) is 9.41. The molecule has 1 aromatic heterocycles. The van der Waals surface area contributed by atoms with Gasteiger partial charge in [0.1, 0.15) is 5.58 Å². The van der Waals surface area contributed by atoms with E-state index in [9.17, 15) is 4.79 Å². The van der Waals surface area contributed by atoms with Gasteiger partial charge in [0.05, 0.1) is 12.7 Å². The van der Waals surface area contributed by atoms with Crippen molar-refractivity contribution in [3.63, 3.8) is 0 Å². The van der Waals surface area contributed by atoms with Gasteiger partial charge in [0, 0.05) is 23.5 Å². The van der Waals surface area contributed by atoms with E-state index in [-0.39, 0.29) is 5.91 Å². The van der Waals surface area contributed by atoms with Crippen molar-refractivity contribution in [2.45, 2.75) is 52.5 Å². The highest BCUT2D eigenvalue weighted by Crippen LogP contribution is 2.26. The molecule has 0 bridgehead atoms. The number of nitrogens with one attached hydrogen (secondary N) is 1. The van der Waals surface area contributed by atoms with Gasteiger partial charge in [-0.3, -0.25) is 9.69 Å². The molecule has 0 saturated carbocycles. The highest BCUT2D eigenvalue weighted by atomic mass is 16.3. The second-order valence-electron chi connectivity index (χ2n) is 6.93. The molecule has 4 nitrogen and oxygen atoms in total. The summed E-state index contributed by atoms with van der Waals surface area (Å²) >= 11 is 0. The van der Waals surface area contributed by atoms with E-state index in [0.29, 0.717) is 12.5 Å². The molecule has 1 aliphatic rings. The monoisotopic (exact) mass is 328 g/mol. The first-order valence-electron chi connectivity index (χ1n) is 9.07. The fourth-order valence-electron chi connectivity index (χ4n) is 3.63. The first-order chi connectivity index (χ1) is 11.6. The standard InChI is InChI=1S/C20H28N2O2/c1-4-17(22-9-5-6-10-22)12-21-19(23)11-16-13-24-20-15(3)14(2)7-8-18(16)20/h7-8,13,17H,4-6,9-12H2,1-3H3,(H,21,23). The van der Waals surface area contributed by atoms with E-state index in [1.54, 1.807) is 6.26 Å². The van der Waals surface area contributed by atoms with Crippen molar-refractivity contribution in [3.05, 3.63) is 35.1 Å². The maximum Gasteiger partial charge on any atom is 0.224 e. The number of amides is 1. The van der Waals surface area contributed by atoms with Gasteiger partial charge in [-0.25, -0.2) is 0 Å². The van der Waals surface area contributed by atoms with Crippen LogP contribution in [-0.2, 0) is 11.2 Å². The van der Waals surface area contributed by atoms with Crippen molar-refractivity contribution < 1.29 is 9.21 Å². The summed E-state index contributed by atoms with van der Waals surface area (Å²) in [6.07, 6.45) is 5.75. The molecule has 0 radical (unpaired) electrons. The average molecular weight is 328 g/mol. The highest BCUT2D eigenvalue weighted by molar-refractivity contribution is 5.89. The topological polar surface area (TPSA) is 45.5 Å². The summed E-state index contributed by atoms with van der Waals surface area (Å²) in [6, 6.07) is 4.61. The molecule has 1 amide bonds. The Balaban J connectivity index is 1.61. The van der Waals surface area contributed by atoms with E-state index in [0.717, 1.165) is 35.1 Å². The molecule has 1 atom stereocenters. The number of rotatable bonds is 6. The van der Waals surface area contributed by atoms with Gasteiger partial charge in [0.25, 0.3) is 0 Å². The number of likely N-dealkylation sites (tertiary alicyclic amines) is 1. The molecule has 2 heterocycles. The Morgan fingerprint density at radius 1 is 1.29 bits per heavy atom. The molecule has 0 spiro atoms. The van der Waals surface area contributed by atoms with E-state index in [1.807, 2.05) is 0 Å². The molecule has 1 fully saturated rings. The van der Waals surface area contributed by atoms with Crippen molar-refractivity contribution in [2.75, 3.05) is 19.6 Å².